The zero-order valence-corrected chi connectivity index (χ0v) is 15.6. The average molecular weight is 382 g/mol. The van der Waals surface area contributed by atoms with E-state index in [4.69, 9.17) is 0 Å². The van der Waals surface area contributed by atoms with E-state index in [2.05, 4.69) is 4.98 Å². The predicted octanol–water partition coefficient (Wildman–Crippen LogP) is 1.40. The van der Waals surface area contributed by atoms with Crippen LogP contribution in [0.3, 0.4) is 0 Å². The summed E-state index contributed by atoms with van der Waals surface area (Å²) in [6.45, 7) is 1.05. The summed E-state index contributed by atoms with van der Waals surface area (Å²) in [5.41, 5.74) is 0.719. The summed E-state index contributed by atoms with van der Waals surface area (Å²) < 4.78 is 15.5. The van der Waals surface area contributed by atoms with Crippen molar-refractivity contribution in [2.24, 2.45) is 14.1 Å². The van der Waals surface area contributed by atoms with Crippen molar-refractivity contribution in [1.82, 2.24) is 19.0 Å². The van der Waals surface area contributed by atoms with Gasteiger partial charge < -0.3 is 4.90 Å². The highest BCUT2D eigenvalue weighted by Crippen LogP contribution is 2.27. The van der Waals surface area contributed by atoms with Crippen LogP contribution in [0.25, 0.3) is 11.0 Å². The number of hydrogen-bond donors (Lipinski definition) is 0. The maximum atomic E-state index is 13.1. The van der Waals surface area contributed by atoms with Gasteiger partial charge in [-0.3, -0.25) is 18.7 Å². The summed E-state index contributed by atoms with van der Waals surface area (Å²) in [7, 11) is 3.02. The lowest BCUT2D eigenvalue weighted by Crippen LogP contribution is -2.37. The molecule has 1 fully saturated rings. The summed E-state index contributed by atoms with van der Waals surface area (Å²) in [6.07, 6.45) is 0.726. The second-order valence-electron chi connectivity index (χ2n) is 7.06. The van der Waals surface area contributed by atoms with E-state index in [0.717, 1.165) is 16.7 Å². The summed E-state index contributed by atoms with van der Waals surface area (Å²) in [4.78, 5) is 43.3. The lowest BCUT2D eigenvalue weighted by molar-refractivity contribution is 0.0790. The number of hydrogen-bond acceptors (Lipinski definition) is 4. The molecule has 0 spiro atoms. The van der Waals surface area contributed by atoms with Crippen LogP contribution < -0.4 is 11.2 Å². The zero-order valence-electron chi connectivity index (χ0n) is 15.6. The fourth-order valence-corrected chi connectivity index (χ4v) is 3.66. The van der Waals surface area contributed by atoms with Crippen LogP contribution in [0.15, 0.2) is 46.0 Å². The van der Waals surface area contributed by atoms with Gasteiger partial charge in [-0.05, 0) is 42.8 Å². The van der Waals surface area contributed by atoms with Gasteiger partial charge in [-0.1, -0.05) is 0 Å². The molecule has 4 rings (SSSR count). The van der Waals surface area contributed by atoms with Crippen LogP contribution in [-0.4, -0.2) is 38.0 Å². The number of fused-ring (bicyclic) bond motifs is 1. The maximum Gasteiger partial charge on any atom is 0.332 e. The topological polar surface area (TPSA) is 77.2 Å². The Morgan fingerprint density at radius 1 is 1.07 bits per heavy atom. The number of carbonyl (C=O) groups is 1. The van der Waals surface area contributed by atoms with Gasteiger partial charge >= 0.3 is 5.69 Å². The molecular formula is C20H19FN4O3. The third-order valence-corrected chi connectivity index (χ3v) is 5.31. The Kier molecular flexibility index (Phi) is 4.33. The van der Waals surface area contributed by atoms with E-state index >= 15 is 0 Å². The largest absolute Gasteiger partial charge is 0.338 e. The van der Waals surface area contributed by atoms with E-state index in [-0.39, 0.29) is 23.2 Å². The van der Waals surface area contributed by atoms with Crippen molar-refractivity contribution in [3.63, 3.8) is 0 Å². The van der Waals surface area contributed by atoms with Gasteiger partial charge in [0.05, 0.1) is 5.39 Å². The second kappa shape index (κ2) is 6.70. The SMILES string of the molecule is Cn1c(=O)c2ccc([C@@H]3CCN(C(=O)c4ccc(F)cc4)C3)nc2n(C)c1=O. The molecule has 2 aromatic heterocycles. The normalized spacial score (nSPS) is 16.7. The minimum atomic E-state index is -0.429. The van der Waals surface area contributed by atoms with Gasteiger partial charge in [-0.15, -0.1) is 0 Å². The fourth-order valence-electron chi connectivity index (χ4n) is 3.66. The molecule has 1 amide bonds. The Morgan fingerprint density at radius 2 is 1.79 bits per heavy atom. The molecule has 0 radical (unpaired) electrons. The first-order valence-electron chi connectivity index (χ1n) is 8.98. The minimum Gasteiger partial charge on any atom is -0.338 e. The van der Waals surface area contributed by atoms with Crippen molar-refractivity contribution in [2.75, 3.05) is 13.1 Å². The molecule has 0 saturated carbocycles. The minimum absolute atomic E-state index is 0.00737. The first-order valence-corrected chi connectivity index (χ1v) is 8.98. The van der Waals surface area contributed by atoms with Crippen LogP contribution in [0.4, 0.5) is 4.39 Å². The standard InChI is InChI=1S/C20H19FN4O3/c1-23-17-15(19(27)24(2)20(23)28)7-8-16(22-17)13-9-10-25(11-13)18(26)12-3-5-14(21)6-4-12/h3-8,13H,9-11H2,1-2H3/t13-/m1/s1. The van der Waals surface area contributed by atoms with E-state index in [1.165, 1.54) is 35.9 Å². The van der Waals surface area contributed by atoms with Crippen LogP contribution in [0, 0.1) is 5.82 Å². The first-order chi connectivity index (χ1) is 13.4. The molecule has 0 unspecified atom stereocenters. The van der Waals surface area contributed by atoms with Crippen molar-refractivity contribution >= 4 is 16.9 Å². The monoisotopic (exact) mass is 382 g/mol. The Morgan fingerprint density at radius 3 is 2.50 bits per heavy atom. The van der Waals surface area contributed by atoms with Crippen LogP contribution in [0.5, 0.6) is 0 Å². The molecule has 144 valence electrons. The number of aryl methyl sites for hydroxylation is 1. The summed E-state index contributed by atoms with van der Waals surface area (Å²) >= 11 is 0. The second-order valence-corrected chi connectivity index (χ2v) is 7.06. The smallest absolute Gasteiger partial charge is 0.332 e. The zero-order chi connectivity index (χ0) is 20.0. The maximum absolute atomic E-state index is 13.1. The Labute approximate surface area is 159 Å². The van der Waals surface area contributed by atoms with Crippen molar-refractivity contribution in [1.29, 1.82) is 0 Å². The fraction of sp³-hybridized carbons (Fsp3) is 0.300. The highest BCUT2D eigenvalue weighted by molar-refractivity contribution is 5.94. The molecule has 28 heavy (non-hydrogen) atoms. The van der Waals surface area contributed by atoms with Gasteiger partial charge in [-0.25, -0.2) is 14.2 Å². The van der Waals surface area contributed by atoms with E-state index in [1.54, 1.807) is 24.1 Å². The van der Waals surface area contributed by atoms with E-state index < -0.39 is 5.69 Å². The molecule has 3 heterocycles. The molecule has 8 heteroatoms. The molecule has 1 aliphatic heterocycles. The Hall–Kier alpha value is -3.29. The summed E-state index contributed by atoms with van der Waals surface area (Å²) in [5, 5.41) is 0.380. The molecule has 0 aliphatic carbocycles. The molecule has 7 nitrogen and oxygen atoms in total. The van der Waals surface area contributed by atoms with Crippen molar-refractivity contribution in [2.45, 2.75) is 12.3 Å². The lowest BCUT2D eigenvalue weighted by Gasteiger charge is -2.17. The quantitative estimate of drug-likeness (QED) is 0.671. The predicted molar refractivity (Wildman–Crippen MR) is 102 cm³/mol. The third-order valence-electron chi connectivity index (χ3n) is 5.31. The molecule has 1 aromatic carbocycles. The third kappa shape index (κ3) is 2.90. The highest BCUT2D eigenvalue weighted by atomic mass is 19.1. The number of pyridine rings is 1. The van der Waals surface area contributed by atoms with E-state index in [0.29, 0.717) is 29.7 Å². The van der Waals surface area contributed by atoms with Crippen LogP contribution >= 0.6 is 0 Å². The van der Waals surface area contributed by atoms with Crippen molar-refractivity contribution < 1.29 is 9.18 Å². The van der Waals surface area contributed by atoms with Gasteiger partial charge in [-0.2, -0.15) is 0 Å². The Balaban J connectivity index is 1.63. The molecule has 1 atom stereocenters. The number of benzene rings is 1. The number of likely N-dealkylation sites (tertiary alicyclic amines) is 1. The summed E-state index contributed by atoms with van der Waals surface area (Å²) in [5.74, 6) is -0.523. The van der Waals surface area contributed by atoms with Gasteiger partial charge in [0.25, 0.3) is 11.5 Å². The number of nitrogens with zero attached hydrogens (tertiary/aromatic N) is 4. The number of carbonyl (C=O) groups excluding carboxylic acids is 1. The van der Waals surface area contributed by atoms with Gasteiger partial charge in [0.1, 0.15) is 11.5 Å². The number of rotatable bonds is 2. The molecule has 0 N–H and O–H groups in total. The number of amides is 1. The van der Waals surface area contributed by atoms with Crippen LogP contribution in [-0.2, 0) is 14.1 Å². The lowest BCUT2D eigenvalue weighted by atomic mass is 10.0. The van der Waals surface area contributed by atoms with Gasteiger partial charge in [0, 0.05) is 44.4 Å². The van der Waals surface area contributed by atoms with Crippen LogP contribution in [0.1, 0.15) is 28.4 Å². The van der Waals surface area contributed by atoms with E-state index in [9.17, 15) is 18.8 Å². The van der Waals surface area contributed by atoms with Crippen molar-refractivity contribution in [3.8, 4) is 0 Å². The molecule has 3 aromatic rings. The van der Waals surface area contributed by atoms with Crippen LogP contribution in [0.2, 0.25) is 0 Å². The van der Waals surface area contributed by atoms with Gasteiger partial charge in [0.2, 0.25) is 0 Å². The molecule has 1 saturated heterocycles. The first kappa shape index (κ1) is 18.1. The van der Waals surface area contributed by atoms with E-state index in [1.807, 2.05) is 0 Å². The number of aromatic nitrogens is 3. The molecular weight excluding hydrogens is 363 g/mol. The van der Waals surface area contributed by atoms with Gasteiger partial charge in [0.15, 0.2) is 0 Å². The molecule has 1 aliphatic rings. The Bertz CT molecular complexity index is 1200. The van der Waals surface area contributed by atoms with Crippen molar-refractivity contribution in [3.05, 3.63) is 74.3 Å². The average Bonchev–Trinajstić information content (AvgIpc) is 3.20. The summed E-state index contributed by atoms with van der Waals surface area (Å²) in [6, 6.07) is 8.96. The highest BCUT2D eigenvalue weighted by Gasteiger charge is 2.29. The number of halogens is 1. The molecule has 0 bridgehead atoms.